The van der Waals surface area contributed by atoms with Gasteiger partial charge in [-0.25, -0.2) is 4.79 Å². The average Bonchev–Trinajstić information content (AvgIpc) is 2.95. The Kier molecular flexibility index (Phi) is 6.17. The Balaban J connectivity index is 1.72. The number of furan rings is 1. The Morgan fingerprint density at radius 3 is 2.74 bits per heavy atom. The average molecular weight is 378 g/mol. The molecule has 5 nitrogen and oxygen atoms in total. The van der Waals surface area contributed by atoms with Crippen molar-refractivity contribution in [2.24, 2.45) is 0 Å². The van der Waals surface area contributed by atoms with Gasteiger partial charge in [-0.3, -0.25) is 4.79 Å². The van der Waals surface area contributed by atoms with Crippen LogP contribution < -0.4 is 5.32 Å². The van der Waals surface area contributed by atoms with Crippen molar-refractivity contribution in [3.8, 4) is 0 Å². The van der Waals surface area contributed by atoms with Gasteiger partial charge in [-0.15, -0.1) is 0 Å². The largest absolute Gasteiger partial charge is 0.452 e. The first-order valence-corrected chi connectivity index (χ1v) is 7.75. The van der Waals surface area contributed by atoms with E-state index in [4.69, 9.17) is 9.15 Å². The summed E-state index contributed by atoms with van der Waals surface area (Å²) in [7, 11) is 0. The molecule has 1 N–H and O–H groups in total. The summed E-state index contributed by atoms with van der Waals surface area (Å²) in [4.78, 5) is 23.2. The minimum Gasteiger partial charge on any atom is -0.452 e. The molecule has 0 aliphatic carbocycles. The Bertz CT molecular complexity index is 721. The number of aryl methyl sites for hydroxylation is 1. The third-order valence-corrected chi connectivity index (χ3v) is 3.49. The lowest BCUT2D eigenvalue weighted by atomic mass is 10.1. The summed E-state index contributed by atoms with van der Waals surface area (Å²) >= 11 is 3.16. The highest BCUT2D eigenvalue weighted by Crippen LogP contribution is 2.15. The van der Waals surface area contributed by atoms with Crippen LogP contribution in [0.15, 0.2) is 51.6 Å². The van der Waals surface area contributed by atoms with Gasteiger partial charge in [-0.1, -0.05) is 24.3 Å². The van der Waals surface area contributed by atoms with Crippen molar-refractivity contribution in [2.75, 3.05) is 6.61 Å². The van der Waals surface area contributed by atoms with Crippen molar-refractivity contribution < 1.29 is 18.7 Å². The van der Waals surface area contributed by atoms with Crippen molar-refractivity contribution in [3.05, 3.63) is 64.0 Å². The first-order valence-electron chi connectivity index (χ1n) is 6.96. The molecular formula is C17H16BrNO4. The van der Waals surface area contributed by atoms with Gasteiger partial charge in [-0.2, -0.15) is 0 Å². The molecule has 0 radical (unpaired) electrons. The molecule has 1 amide bonds. The number of carbonyl (C=O) groups excluding carboxylic acids is 2. The predicted molar refractivity (Wildman–Crippen MR) is 89.4 cm³/mol. The molecule has 0 fully saturated rings. The van der Waals surface area contributed by atoms with E-state index in [0.717, 1.165) is 11.1 Å². The first kappa shape index (κ1) is 17.0. The Hall–Kier alpha value is -2.34. The summed E-state index contributed by atoms with van der Waals surface area (Å²) in [5.74, 6) is -0.447. The van der Waals surface area contributed by atoms with Crippen LogP contribution in [0.5, 0.6) is 0 Å². The summed E-state index contributed by atoms with van der Waals surface area (Å²) in [6.07, 6.45) is 2.68. The molecule has 1 aromatic heterocycles. The van der Waals surface area contributed by atoms with Crippen LogP contribution in [0.4, 0.5) is 0 Å². The minimum atomic E-state index is -0.608. The minimum absolute atomic E-state index is 0.323. The maximum atomic E-state index is 11.7. The number of ether oxygens (including phenoxy) is 1. The molecule has 1 aromatic carbocycles. The molecule has 0 atom stereocenters. The van der Waals surface area contributed by atoms with Crippen LogP contribution >= 0.6 is 15.9 Å². The van der Waals surface area contributed by atoms with Crippen molar-refractivity contribution >= 4 is 33.9 Å². The highest BCUT2D eigenvalue weighted by molar-refractivity contribution is 9.10. The SMILES string of the molecule is Cc1ccccc1CNC(=O)COC(=O)/C=C/c1ccc(Br)o1. The summed E-state index contributed by atoms with van der Waals surface area (Å²) in [5, 5.41) is 2.71. The third kappa shape index (κ3) is 5.75. The molecule has 120 valence electrons. The quantitative estimate of drug-likeness (QED) is 0.619. The molecule has 0 aliphatic heterocycles. The Morgan fingerprint density at radius 1 is 1.26 bits per heavy atom. The van der Waals surface area contributed by atoms with Gasteiger partial charge in [0.1, 0.15) is 5.76 Å². The number of halogens is 1. The van der Waals surface area contributed by atoms with Crippen molar-refractivity contribution in [1.82, 2.24) is 5.32 Å². The van der Waals surface area contributed by atoms with E-state index in [2.05, 4.69) is 21.2 Å². The summed E-state index contributed by atoms with van der Waals surface area (Å²) in [6.45, 7) is 2.05. The Morgan fingerprint density at radius 2 is 2.04 bits per heavy atom. The van der Waals surface area contributed by atoms with Crippen molar-refractivity contribution in [3.63, 3.8) is 0 Å². The van der Waals surface area contributed by atoms with E-state index < -0.39 is 5.97 Å². The van der Waals surface area contributed by atoms with Crippen LogP contribution in [-0.4, -0.2) is 18.5 Å². The number of benzene rings is 1. The topological polar surface area (TPSA) is 68.5 Å². The summed E-state index contributed by atoms with van der Waals surface area (Å²) in [6, 6.07) is 11.2. The molecule has 0 saturated heterocycles. The zero-order chi connectivity index (χ0) is 16.7. The number of esters is 1. The monoisotopic (exact) mass is 377 g/mol. The third-order valence-electron chi connectivity index (χ3n) is 3.06. The molecule has 0 unspecified atom stereocenters. The molecule has 0 saturated carbocycles. The number of rotatable bonds is 6. The highest BCUT2D eigenvalue weighted by atomic mass is 79.9. The van der Waals surface area contributed by atoms with Crippen LogP contribution in [0.1, 0.15) is 16.9 Å². The van der Waals surface area contributed by atoms with Gasteiger partial charge in [0.05, 0.1) is 0 Å². The summed E-state index contributed by atoms with van der Waals surface area (Å²) in [5.41, 5.74) is 2.12. The smallest absolute Gasteiger partial charge is 0.331 e. The van der Waals surface area contributed by atoms with Gasteiger partial charge in [0.25, 0.3) is 5.91 Å². The van der Waals surface area contributed by atoms with Gasteiger partial charge in [-0.05, 0) is 52.2 Å². The van der Waals surface area contributed by atoms with Gasteiger partial charge < -0.3 is 14.5 Å². The molecule has 0 spiro atoms. The molecular weight excluding hydrogens is 362 g/mol. The van der Waals surface area contributed by atoms with Gasteiger partial charge >= 0.3 is 5.97 Å². The van der Waals surface area contributed by atoms with Gasteiger partial charge in [0, 0.05) is 12.6 Å². The molecule has 0 aliphatic rings. The second kappa shape index (κ2) is 8.33. The van der Waals surface area contributed by atoms with E-state index in [9.17, 15) is 9.59 Å². The Labute approximate surface area is 142 Å². The fourth-order valence-electron chi connectivity index (χ4n) is 1.81. The van der Waals surface area contributed by atoms with Gasteiger partial charge in [0.2, 0.25) is 0 Å². The fourth-order valence-corrected chi connectivity index (χ4v) is 2.13. The zero-order valence-electron chi connectivity index (χ0n) is 12.5. The lowest BCUT2D eigenvalue weighted by molar-refractivity contribution is -0.143. The van der Waals surface area contributed by atoms with Crippen LogP contribution in [-0.2, 0) is 20.9 Å². The van der Waals surface area contributed by atoms with E-state index in [-0.39, 0.29) is 12.5 Å². The van der Waals surface area contributed by atoms with Gasteiger partial charge in [0.15, 0.2) is 11.3 Å². The highest BCUT2D eigenvalue weighted by Gasteiger charge is 2.06. The molecule has 2 aromatic rings. The first-order chi connectivity index (χ1) is 11.0. The van der Waals surface area contributed by atoms with E-state index in [0.29, 0.717) is 17.0 Å². The van der Waals surface area contributed by atoms with Crippen LogP contribution in [0.25, 0.3) is 6.08 Å². The van der Waals surface area contributed by atoms with Crippen LogP contribution in [0.3, 0.4) is 0 Å². The van der Waals surface area contributed by atoms with E-state index in [1.54, 1.807) is 12.1 Å². The lowest BCUT2D eigenvalue weighted by Crippen LogP contribution is -2.28. The lowest BCUT2D eigenvalue weighted by Gasteiger charge is -2.07. The number of carbonyl (C=O) groups is 2. The predicted octanol–water partition coefficient (Wildman–Crippen LogP) is 3.22. The maximum Gasteiger partial charge on any atom is 0.331 e. The molecule has 0 bridgehead atoms. The second-order valence-corrected chi connectivity index (χ2v) is 5.57. The maximum absolute atomic E-state index is 11.7. The van der Waals surface area contributed by atoms with E-state index >= 15 is 0 Å². The fraction of sp³-hybridized carbons (Fsp3) is 0.176. The number of hydrogen-bond acceptors (Lipinski definition) is 4. The molecule has 6 heteroatoms. The number of amides is 1. The van der Waals surface area contributed by atoms with Crippen molar-refractivity contribution in [2.45, 2.75) is 13.5 Å². The molecule has 2 rings (SSSR count). The zero-order valence-corrected chi connectivity index (χ0v) is 14.1. The molecule has 1 heterocycles. The second-order valence-electron chi connectivity index (χ2n) is 4.79. The number of nitrogens with one attached hydrogen (secondary N) is 1. The normalized spacial score (nSPS) is 10.7. The van der Waals surface area contributed by atoms with Crippen LogP contribution in [0.2, 0.25) is 0 Å². The molecule has 23 heavy (non-hydrogen) atoms. The van der Waals surface area contributed by atoms with Crippen molar-refractivity contribution in [1.29, 1.82) is 0 Å². The number of hydrogen-bond donors (Lipinski definition) is 1. The standard InChI is InChI=1S/C17H16BrNO4/c1-12-4-2-3-5-13(12)10-19-16(20)11-22-17(21)9-7-14-6-8-15(18)23-14/h2-9H,10-11H2,1H3,(H,19,20)/b9-7+. The van der Waals surface area contributed by atoms with E-state index in [1.165, 1.54) is 12.2 Å². The summed E-state index contributed by atoms with van der Waals surface area (Å²) < 4.78 is 10.6. The van der Waals surface area contributed by atoms with E-state index in [1.807, 2.05) is 31.2 Å². The van der Waals surface area contributed by atoms with Crippen LogP contribution in [0, 0.1) is 6.92 Å².